The van der Waals surface area contributed by atoms with Gasteiger partial charge in [-0.05, 0) is 90.6 Å². The molecule has 1 N–H and O–H groups in total. The van der Waals surface area contributed by atoms with E-state index in [0.717, 1.165) is 109 Å². The number of benzene rings is 2. The largest absolute Gasteiger partial charge is 0.501 e. The van der Waals surface area contributed by atoms with Crippen molar-refractivity contribution in [3.8, 4) is 11.1 Å². The van der Waals surface area contributed by atoms with Crippen LogP contribution in [0.15, 0.2) is 76.0 Å². The molecule has 2 aliphatic rings. The first kappa shape index (κ1) is 39.3. The number of rotatable bonds is 17. The number of nitrogens with one attached hydrogen (secondary N) is 1. The van der Waals surface area contributed by atoms with Crippen molar-refractivity contribution in [2.75, 3.05) is 21.2 Å². The van der Waals surface area contributed by atoms with Crippen LogP contribution < -0.4 is 4.72 Å². The van der Waals surface area contributed by atoms with Crippen molar-refractivity contribution in [2.45, 2.75) is 122 Å². The zero-order valence-electron chi connectivity index (χ0n) is 31.9. The van der Waals surface area contributed by atoms with Gasteiger partial charge < -0.3 is 24.1 Å². The molecule has 0 saturated heterocycles. The fraction of sp³-hybridized carbons (Fsp3) is 0.548. The Bertz CT molecular complexity index is 1560. The molecule has 4 rings (SSSR count). The van der Waals surface area contributed by atoms with Crippen LogP contribution in [0, 0.1) is 11.3 Å². The highest BCUT2D eigenvalue weighted by Crippen LogP contribution is 2.42. The van der Waals surface area contributed by atoms with Crippen LogP contribution in [0.25, 0.3) is 11.1 Å². The Labute approximate surface area is 306 Å². The minimum atomic E-state index is -0.583. The topological polar surface area (TPSA) is 74.2 Å². The summed E-state index contributed by atoms with van der Waals surface area (Å²) in [4.78, 5) is 35.9. The third-order valence-corrected chi connectivity index (χ3v) is 10.7. The van der Waals surface area contributed by atoms with Crippen molar-refractivity contribution < 1.29 is 14.3 Å². The molecule has 272 valence electrons. The molecule has 2 saturated carbocycles. The lowest BCUT2D eigenvalue weighted by Gasteiger charge is -2.27. The number of aldehydes is 1. The van der Waals surface area contributed by atoms with E-state index in [1.54, 1.807) is 19.1 Å². The van der Waals surface area contributed by atoms with Gasteiger partial charge in [0, 0.05) is 56.2 Å². The number of unbranched alkanes of at least 4 members (excludes halogenated alkanes) is 1. The minimum absolute atomic E-state index is 0.0998. The van der Waals surface area contributed by atoms with Crippen molar-refractivity contribution in [3.63, 3.8) is 0 Å². The van der Waals surface area contributed by atoms with Gasteiger partial charge in [-0.25, -0.2) is 0 Å². The highest BCUT2D eigenvalue weighted by molar-refractivity contribution is 7.97. The zero-order valence-corrected chi connectivity index (χ0v) is 32.7. The van der Waals surface area contributed by atoms with Crippen LogP contribution in [0.3, 0.4) is 0 Å². The fourth-order valence-electron chi connectivity index (χ4n) is 6.78. The van der Waals surface area contributed by atoms with Crippen LogP contribution in [-0.4, -0.2) is 54.6 Å². The quantitative estimate of drug-likeness (QED) is 0.0443. The van der Waals surface area contributed by atoms with Crippen molar-refractivity contribution in [1.29, 1.82) is 0 Å². The molecule has 0 spiro atoms. The first-order valence-corrected chi connectivity index (χ1v) is 19.2. The number of methoxy groups -OCH3 is 1. The van der Waals surface area contributed by atoms with Crippen molar-refractivity contribution >= 4 is 30.0 Å². The van der Waals surface area contributed by atoms with Crippen molar-refractivity contribution in [2.24, 2.45) is 16.3 Å². The summed E-state index contributed by atoms with van der Waals surface area (Å²) in [5.74, 6) is 2.54. The summed E-state index contributed by atoms with van der Waals surface area (Å²) in [6.45, 7) is 16.0. The molecule has 0 unspecified atom stereocenters. The van der Waals surface area contributed by atoms with Gasteiger partial charge in [-0.2, -0.15) is 0 Å². The Hall–Kier alpha value is -3.52. The number of amidine groups is 1. The first-order chi connectivity index (χ1) is 23.8. The SMILES string of the molecule is C=C(NSc1ccccc1-c1ccc(CN(C)C(CCCC)=NC2(C=O)CCCC2)cc1CN(C)C(=O)CC(C)(C)C)/C(=C(/C)OC)C1CC1. The Morgan fingerprint density at radius 1 is 1.08 bits per heavy atom. The van der Waals surface area contributed by atoms with E-state index in [-0.39, 0.29) is 11.3 Å². The second kappa shape index (κ2) is 17.6. The molecule has 7 nitrogen and oxygen atoms in total. The van der Waals surface area contributed by atoms with Gasteiger partial charge in [0.25, 0.3) is 0 Å². The second-order valence-corrected chi connectivity index (χ2v) is 16.4. The lowest BCUT2D eigenvalue weighted by molar-refractivity contribution is -0.132. The van der Waals surface area contributed by atoms with Crippen LogP contribution in [0.1, 0.15) is 110 Å². The summed E-state index contributed by atoms with van der Waals surface area (Å²) >= 11 is 1.56. The monoisotopic (exact) mass is 700 g/mol. The number of carbonyl (C=O) groups is 2. The van der Waals surface area contributed by atoms with E-state index >= 15 is 0 Å². The predicted octanol–water partition coefficient (Wildman–Crippen LogP) is 9.72. The van der Waals surface area contributed by atoms with E-state index in [1.165, 1.54) is 5.57 Å². The van der Waals surface area contributed by atoms with Crippen LogP contribution >= 0.6 is 11.9 Å². The highest BCUT2D eigenvalue weighted by Gasteiger charge is 2.34. The van der Waals surface area contributed by atoms with Gasteiger partial charge in [-0.15, -0.1) is 0 Å². The summed E-state index contributed by atoms with van der Waals surface area (Å²) in [6, 6.07) is 15.1. The Morgan fingerprint density at radius 3 is 2.40 bits per heavy atom. The summed E-state index contributed by atoms with van der Waals surface area (Å²) in [7, 11) is 5.72. The molecular formula is C42H60N4O3S. The first-order valence-electron chi connectivity index (χ1n) is 18.4. The van der Waals surface area contributed by atoms with Gasteiger partial charge in [0.05, 0.1) is 12.9 Å². The minimum Gasteiger partial charge on any atom is -0.501 e. The lowest BCUT2D eigenvalue weighted by atomic mass is 9.91. The van der Waals surface area contributed by atoms with E-state index in [2.05, 4.69) is 93.4 Å². The van der Waals surface area contributed by atoms with Crippen LogP contribution in [0.5, 0.6) is 0 Å². The van der Waals surface area contributed by atoms with Crippen LogP contribution in [-0.2, 0) is 27.4 Å². The molecule has 0 radical (unpaired) electrons. The predicted molar refractivity (Wildman–Crippen MR) is 209 cm³/mol. The van der Waals surface area contributed by atoms with Gasteiger partial charge >= 0.3 is 0 Å². The summed E-state index contributed by atoms with van der Waals surface area (Å²) < 4.78 is 9.14. The van der Waals surface area contributed by atoms with E-state index in [1.807, 2.05) is 18.9 Å². The number of hydrogen-bond donors (Lipinski definition) is 1. The number of aliphatic imine (C=N–C) groups is 1. The third kappa shape index (κ3) is 10.7. The maximum Gasteiger partial charge on any atom is 0.223 e. The summed E-state index contributed by atoms with van der Waals surface area (Å²) in [5, 5.41) is 0. The Kier molecular flexibility index (Phi) is 13.8. The second-order valence-electron chi connectivity index (χ2n) is 15.5. The van der Waals surface area contributed by atoms with Crippen molar-refractivity contribution in [1.82, 2.24) is 14.5 Å². The molecule has 1 amide bonds. The molecule has 2 aliphatic carbocycles. The molecule has 0 aromatic heterocycles. The van der Waals surface area contributed by atoms with Crippen molar-refractivity contribution in [3.05, 3.63) is 77.2 Å². The van der Waals surface area contributed by atoms with Crippen LogP contribution in [0.2, 0.25) is 0 Å². The van der Waals surface area contributed by atoms with E-state index < -0.39 is 5.54 Å². The average Bonchev–Trinajstić information content (AvgIpc) is 3.80. The number of hydrogen-bond acceptors (Lipinski definition) is 6. The van der Waals surface area contributed by atoms with E-state index in [0.29, 0.717) is 25.4 Å². The molecule has 0 aliphatic heterocycles. The Balaban J connectivity index is 1.67. The van der Waals surface area contributed by atoms with Gasteiger partial charge in [0.15, 0.2) is 0 Å². The molecule has 2 aromatic rings. The number of carbonyl (C=O) groups excluding carboxylic acids is 2. The zero-order chi connectivity index (χ0) is 36.5. The van der Waals surface area contributed by atoms with Gasteiger partial charge in [0.1, 0.15) is 17.7 Å². The number of allylic oxidation sites excluding steroid dienone is 2. The summed E-state index contributed by atoms with van der Waals surface area (Å²) in [6.07, 6.45) is 10.6. The smallest absolute Gasteiger partial charge is 0.223 e. The van der Waals surface area contributed by atoms with E-state index in [9.17, 15) is 9.59 Å². The molecule has 2 fully saturated rings. The van der Waals surface area contributed by atoms with E-state index in [4.69, 9.17) is 9.73 Å². The molecule has 2 aromatic carbocycles. The average molecular weight is 701 g/mol. The van der Waals surface area contributed by atoms with Gasteiger partial charge in [-0.1, -0.05) is 89.9 Å². The molecule has 50 heavy (non-hydrogen) atoms. The fourth-order valence-corrected chi connectivity index (χ4v) is 7.56. The standard InChI is InChI=1S/C42H60N4O3S/c1-10-11-18-38(43-42(29-47)23-14-15-24-42)45(7)27-32-19-22-35(34(25-32)28-46(8)39(48)26-41(4,5)6)36-16-12-13-17-37(36)50-44-30(2)40(31(3)49-9)33-20-21-33/h12-13,16-17,19,22,25,29,33,44H,2,10-11,14-15,18,20-21,23-24,26-28H2,1,3-9H3/b40-31+,43-38?. The number of nitrogens with zero attached hydrogens (tertiary/aromatic N) is 3. The maximum atomic E-state index is 13.4. The third-order valence-electron chi connectivity index (χ3n) is 9.80. The summed E-state index contributed by atoms with van der Waals surface area (Å²) in [5.41, 5.74) is 5.80. The molecule has 0 atom stereocenters. The lowest BCUT2D eigenvalue weighted by Crippen LogP contribution is -2.33. The van der Waals surface area contributed by atoms with Gasteiger partial charge in [0.2, 0.25) is 5.91 Å². The molecule has 0 bridgehead atoms. The van der Waals surface area contributed by atoms with Gasteiger partial charge in [-0.3, -0.25) is 9.79 Å². The number of ether oxygens (including phenoxy) is 1. The Morgan fingerprint density at radius 2 is 1.78 bits per heavy atom. The van der Waals surface area contributed by atoms with Crippen LogP contribution in [0.4, 0.5) is 0 Å². The molecule has 8 heteroatoms. The molecule has 0 heterocycles. The normalized spacial score (nSPS) is 16.4. The number of amides is 1. The highest BCUT2D eigenvalue weighted by atomic mass is 32.2. The maximum absolute atomic E-state index is 13.4. The molecular weight excluding hydrogens is 641 g/mol.